The van der Waals surface area contributed by atoms with Gasteiger partial charge in [-0.1, -0.05) is 19.3 Å². The second kappa shape index (κ2) is 4.71. The second-order valence-corrected chi connectivity index (χ2v) is 7.42. The molecule has 4 unspecified atom stereocenters. The van der Waals surface area contributed by atoms with E-state index in [9.17, 15) is 0 Å². The third-order valence-corrected chi connectivity index (χ3v) is 6.13. The van der Waals surface area contributed by atoms with Crippen LogP contribution in [-0.4, -0.2) is 47.8 Å². The molecule has 4 fully saturated rings. The first-order chi connectivity index (χ1) is 9.26. The summed E-state index contributed by atoms with van der Waals surface area (Å²) in [7, 11) is 0. The van der Waals surface area contributed by atoms with Gasteiger partial charge >= 0.3 is 0 Å². The van der Waals surface area contributed by atoms with Gasteiger partial charge in [0.1, 0.15) is 0 Å². The third-order valence-electron chi connectivity index (χ3n) is 6.13. The van der Waals surface area contributed by atoms with E-state index in [2.05, 4.69) is 17.1 Å². The van der Waals surface area contributed by atoms with E-state index >= 15 is 0 Å². The maximum absolute atomic E-state index is 6.10. The predicted octanol–water partition coefficient (Wildman–Crippen LogP) is 2.30. The fourth-order valence-corrected chi connectivity index (χ4v) is 5.01. The van der Waals surface area contributed by atoms with Crippen molar-refractivity contribution in [1.82, 2.24) is 10.2 Å². The summed E-state index contributed by atoms with van der Waals surface area (Å²) in [5, 5.41) is 3.90. The molecule has 2 bridgehead atoms. The summed E-state index contributed by atoms with van der Waals surface area (Å²) in [5.41, 5.74) is 0.437. The summed E-state index contributed by atoms with van der Waals surface area (Å²) in [6, 6.07) is 1.40. The van der Waals surface area contributed by atoms with Crippen molar-refractivity contribution in [2.75, 3.05) is 13.1 Å². The van der Waals surface area contributed by atoms with Crippen molar-refractivity contribution in [1.29, 1.82) is 0 Å². The molecule has 3 heteroatoms. The zero-order valence-corrected chi connectivity index (χ0v) is 12.2. The van der Waals surface area contributed by atoms with E-state index in [1.165, 1.54) is 64.5 Å². The number of hydrogen-bond donors (Lipinski definition) is 1. The van der Waals surface area contributed by atoms with Crippen molar-refractivity contribution < 1.29 is 4.74 Å². The maximum Gasteiger partial charge on any atom is 0.0736 e. The first-order valence-corrected chi connectivity index (χ1v) is 8.42. The fourth-order valence-electron chi connectivity index (χ4n) is 5.01. The van der Waals surface area contributed by atoms with Crippen LogP contribution >= 0.6 is 0 Å². The number of fused-ring (bicyclic) bond motifs is 2. The number of ether oxygens (including phenoxy) is 1. The van der Waals surface area contributed by atoms with Gasteiger partial charge < -0.3 is 10.1 Å². The standard InChI is InChI=1S/C16H28N2O/c1-12-10-17-16(7-3-2-4-8-16)11-18(12)14-9-13-5-6-15(14)19-13/h12-15,17H,2-11H2,1H3. The van der Waals surface area contributed by atoms with Crippen LogP contribution in [0.1, 0.15) is 58.3 Å². The van der Waals surface area contributed by atoms with Gasteiger partial charge in [-0.15, -0.1) is 0 Å². The third kappa shape index (κ3) is 2.14. The molecule has 0 aromatic rings. The SMILES string of the molecule is CC1CNC2(CCCCC2)CN1C1CC2CCC1O2. The van der Waals surface area contributed by atoms with E-state index in [0.717, 1.165) is 6.04 Å². The molecule has 3 saturated heterocycles. The number of nitrogens with one attached hydrogen (secondary N) is 1. The van der Waals surface area contributed by atoms with Crippen LogP contribution in [0, 0.1) is 0 Å². The van der Waals surface area contributed by atoms with Crippen molar-refractivity contribution >= 4 is 0 Å². The Bertz CT molecular complexity index is 340. The van der Waals surface area contributed by atoms with Crippen molar-refractivity contribution in [3.8, 4) is 0 Å². The molecule has 3 heterocycles. The van der Waals surface area contributed by atoms with E-state index < -0.39 is 0 Å². The molecule has 0 aromatic heterocycles. The second-order valence-electron chi connectivity index (χ2n) is 7.42. The Hall–Kier alpha value is -0.120. The van der Waals surface area contributed by atoms with Gasteiger partial charge in [0.15, 0.2) is 0 Å². The lowest BCUT2D eigenvalue weighted by Crippen LogP contribution is -2.67. The Morgan fingerprint density at radius 1 is 1.16 bits per heavy atom. The highest BCUT2D eigenvalue weighted by atomic mass is 16.5. The molecule has 0 amide bonds. The average Bonchev–Trinajstić information content (AvgIpc) is 3.05. The van der Waals surface area contributed by atoms with Crippen LogP contribution in [0.4, 0.5) is 0 Å². The molecular weight excluding hydrogens is 236 g/mol. The van der Waals surface area contributed by atoms with Gasteiger partial charge in [0.05, 0.1) is 12.2 Å². The smallest absolute Gasteiger partial charge is 0.0736 e. The van der Waals surface area contributed by atoms with E-state index in [-0.39, 0.29) is 0 Å². The molecule has 1 saturated carbocycles. The summed E-state index contributed by atoms with van der Waals surface area (Å²) in [5.74, 6) is 0. The zero-order valence-electron chi connectivity index (χ0n) is 12.2. The normalized spacial score (nSPS) is 45.9. The monoisotopic (exact) mass is 264 g/mol. The molecule has 108 valence electrons. The molecule has 4 atom stereocenters. The quantitative estimate of drug-likeness (QED) is 0.786. The maximum atomic E-state index is 6.10. The first kappa shape index (κ1) is 12.6. The Morgan fingerprint density at radius 3 is 2.68 bits per heavy atom. The summed E-state index contributed by atoms with van der Waals surface area (Å²) in [6.45, 7) is 4.84. The number of hydrogen-bond acceptors (Lipinski definition) is 3. The summed E-state index contributed by atoms with van der Waals surface area (Å²) >= 11 is 0. The number of piperazine rings is 1. The fraction of sp³-hybridized carbons (Fsp3) is 1.00. The molecule has 4 rings (SSSR count). The van der Waals surface area contributed by atoms with Gasteiger partial charge in [-0.2, -0.15) is 0 Å². The Labute approximate surface area is 117 Å². The van der Waals surface area contributed by atoms with E-state index in [1.54, 1.807) is 0 Å². The lowest BCUT2D eigenvalue weighted by atomic mass is 9.78. The van der Waals surface area contributed by atoms with E-state index in [4.69, 9.17) is 4.74 Å². The molecule has 0 aromatic carbocycles. The van der Waals surface area contributed by atoms with Crippen LogP contribution in [0.5, 0.6) is 0 Å². The van der Waals surface area contributed by atoms with Crippen LogP contribution in [0.15, 0.2) is 0 Å². The van der Waals surface area contributed by atoms with Crippen molar-refractivity contribution in [2.24, 2.45) is 0 Å². The number of nitrogens with zero attached hydrogens (tertiary/aromatic N) is 1. The van der Waals surface area contributed by atoms with Crippen LogP contribution < -0.4 is 5.32 Å². The molecule has 4 aliphatic rings. The predicted molar refractivity (Wildman–Crippen MR) is 76.3 cm³/mol. The minimum absolute atomic E-state index is 0.437. The molecular formula is C16H28N2O. The molecule has 0 radical (unpaired) electrons. The van der Waals surface area contributed by atoms with Crippen molar-refractivity contribution in [2.45, 2.75) is 88.1 Å². The first-order valence-electron chi connectivity index (χ1n) is 8.42. The van der Waals surface area contributed by atoms with Crippen LogP contribution in [0.2, 0.25) is 0 Å². The highest BCUT2D eigenvalue weighted by Crippen LogP contribution is 2.40. The Morgan fingerprint density at radius 2 is 2.00 bits per heavy atom. The van der Waals surface area contributed by atoms with Crippen molar-refractivity contribution in [3.63, 3.8) is 0 Å². The summed E-state index contributed by atoms with van der Waals surface area (Å²) in [4.78, 5) is 2.81. The molecule has 19 heavy (non-hydrogen) atoms. The minimum atomic E-state index is 0.437. The van der Waals surface area contributed by atoms with Gasteiger partial charge in [-0.3, -0.25) is 4.90 Å². The number of rotatable bonds is 1. The topological polar surface area (TPSA) is 24.5 Å². The lowest BCUT2D eigenvalue weighted by molar-refractivity contribution is 0.00261. The van der Waals surface area contributed by atoms with Crippen molar-refractivity contribution in [3.05, 3.63) is 0 Å². The van der Waals surface area contributed by atoms with Gasteiger partial charge in [0, 0.05) is 30.7 Å². The summed E-state index contributed by atoms with van der Waals surface area (Å²) < 4.78 is 6.10. The van der Waals surface area contributed by atoms with Gasteiger partial charge in [-0.25, -0.2) is 0 Å². The van der Waals surface area contributed by atoms with Crippen LogP contribution in [-0.2, 0) is 4.74 Å². The largest absolute Gasteiger partial charge is 0.373 e. The highest BCUT2D eigenvalue weighted by molar-refractivity contribution is 5.04. The van der Waals surface area contributed by atoms with Gasteiger partial charge in [0.2, 0.25) is 0 Å². The summed E-state index contributed by atoms with van der Waals surface area (Å²) in [6.07, 6.45) is 12.1. The highest BCUT2D eigenvalue weighted by Gasteiger charge is 2.48. The van der Waals surface area contributed by atoms with E-state index in [0.29, 0.717) is 23.8 Å². The minimum Gasteiger partial charge on any atom is -0.373 e. The Balaban J connectivity index is 1.50. The molecule has 1 aliphatic carbocycles. The Kier molecular flexibility index (Phi) is 3.13. The molecule has 3 nitrogen and oxygen atoms in total. The molecule has 1 spiro atoms. The van der Waals surface area contributed by atoms with E-state index in [1.807, 2.05) is 0 Å². The molecule has 1 N–H and O–H groups in total. The van der Waals surface area contributed by atoms with Gasteiger partial charge in [-0.05, 0) is 39.0 Å². The zero-order chi connectivity index (χ0) is 12.9. The average molecular weight is 264 g/mol. The molecule has 3 aliphatic heterocycles. The van der Waals surface area contributed by atoms with Crippen LogP contribution in [0.3, 0.4) is 0 Å². The lowest BCUT2D eigenvalue weighted by Gasteiger charge is -2.51. The van der Waals surface area contributed by atoms with Gasteiger partial charge in [0.25, 0.3) is 0 Å². The van der Waals surface area contributed by atoms with Crippen LogP contribution in [0.25, 0.3) is 0 Å².